The van der Waals surface area contributed by atoms with Crippen LogP contribution in [0.15, 0.2) is 54.6 Å². The number of aliphatic hydroxyl groups is 1. The molecule has 2 N–H and O–H groups in total. The van der Waals surface area contributed by atoms with Gasteiger partial charge in [0, 0.05) is 31.6 Å². The Balaban J connectivity index is 1.64. The maximum absolute atomic E-state index is 9.51. The Bertz CT molecular complexity index is 868. The van der Waals surface area contributed by atoms with E-state index in [0.29, 0.717) is 5.92 Å². The monoisotopic (exact) mass is 348 g/mol. The Morgan fingerprint density at radius 1 is 1.04 bits per heavy atom. The standard InChI is InChI=1S/C21H24N4O/c26-15-17-9-6-12-25(14-17)21-23-19-11-5-4-10-18(19)20(24-21)22-13-16-7-2-1-3-8-16/h1-5,7-8,10-11,17,26H,6,9,12-15H2,(H,22,23,24)/t17-/m1/s1. The first-order chi connectivity index (χ1) is 12.8. The third-order valence-corrected chi connectivity index (χ3v) is 4.95. The Hall–Kier alpha value is -2.66. The summed E-state index contributed by atoms with van der Waals surface area (Å²) in [6.45, 7) is 2.70. The van der Waals surface area contributed by atoms with Crippen molar-refractivity contribution in [2.75, 3.05) is 29.9 Å². The Morgan fingerprint density at radius 3 is 2.69 bits per heavy atom. The Labute approximate surface area is 153 Å². The van der Waals surface area contributed by atoms with Gasteiger partial charge in [-0.05, 0) is 36.5 Å². The number of aromatic nitrogens is 2. The zero-order chi connectivity index (χ0) is 17.8. The molecule has 1 aromatic heterocycles. The zero-order valence-electron chi connectivity index (χ0n) is 14.8. The van der Waals surface area contributed by atoms with E-state index >= 15 is 0 Å². The van der Waals surface area contributed by atoms with Crippen molar-refractivity contribution in [1.82, 2.24) is 9.97 Å². The third kappa shape index (κ3) is 3.63. The van der Waals surface area contributed by atoms with Crippen LogP contribution in [0, 0.1) is 5.92 Å². The number of hydrogen-bond donors (Lipinski definition) is 2. The van der Waals surface area contributed by atoms with Crippen molar-refractivity contribution in [2.24, 2.45) is 5.92 Å². The van der Waals surface area contributed by atoms with Crippen LogP contribution in [0.4, 0.5) is 11.8 Å². The van der Waals surface area contributed by atoms with E-state index in [2.05, 4.69) is 28.4 Å². The molecular weight excluding hydrogens is 324 g/mol. The molecule has 5 heteroatoms. The average Bonchev–Trinajstić information content (AvgIpc) is 2.72. The van der Waals surface area contributed by atoms with Crippen LogP contribution in [0.3, 0.4) is 0 Å². The first-order valence-corrected chi connectivity index (χ1v) is 9.24. The SMILES string of the molecule is OC[C@@H]1CCCN(c2nc(NCc3ccccc3)c3ccccc3n2)C1. The molecule has 0 unspecified atom stereocenters. The maximum atomic E-state index is 9.51. The lowest BCUT2D eigenvalue weighted by molar-refractivity contribution is 0.208. The lowest BCUT2D eigenvalue weighted by Crippen LogP contribution is -2.38. The topological polar surface area (TPSA) is 61.3 Å². The number of piperidine rings is 1. The van der Waals surface area contributed by atoms with Gasteiger partial charge < -0.3 is 15.3 Å². The molecule has 26 heavy (non-hydrogen) atoms. The van der Waals surface area contributed by atoms with E-state index < -0.39 is 0 Å². The summed E-state index contributed by atoms with van der Waals surface area (Å²) in [4.78, 5) is 11.8. The van der Waals surface area contributed by atoms with E-state index in [4.69, 9.17) is 9.97 Å². The molecule has 1 saturated heterocycles. The molecule has 1 aliphatic rings. The number of rotatable bonds is 5. The van der Waals surface area contributed by atoms with Crippen molar-refractivity contribution in [3.8, 4) is 0 Å². The Morgan fingerprint density at radius 2 is 1.85 bits per heavy atom. The summed E-state index contributed by atoms with van der Waals surface area (Å²) in [5.41, 5.74) is 2.16. The second-order valence-corrected chi connectivity index (χ2v) is 6.87. The van der Waals surface area contributed by atoms with Crippen molar-refractivity contribution in [3.63, 3.8) is 0 Å². The highest BCUT2D eigenvalue weighted by molar-refractivity contribution is 5.90. The highest BCUT2D eigenvalue weighted by atomic mass is 16.3. The average molecular weight is 348 g/mol. The molecule has 0 amide bonds. The molecule has 2 heterocycles. The van der Waals surface area contributed by atoms with Crippen LogP contribution in [0.5, 0.6) is 0 Å². The fourth-order valence-electron chi connectivity index (χ4n) is 3.52. The summed E-state index contributed by atoms with van der Waals surface area (Å²) < 4.78 is 0. The molecule has 0 bridgehead atoms. The molecular formula is C21H24N4O. The van der Waals surface area contributed by atoms with E-state index in [1.165, 1.54) is 5.56 Å². The van der Waals surface area contributed by atoms with Gasteiger partial charge in [-0.25, -0.2) is 4.98 Å². The molecule has 2 aromatic carbocycles. The number of para-hydroxylation sites is 1. The summed E-state index contributed by atoms with van der Waals surface area (Å²) in [5, 5.41) is 14.0. The second kappa shape index (κ2) is 7.70. The molecule has 4 rings (SSSR count). The van der Waals surface area contributed by atoms with Crippen LogP contribution in [0.25, 0.3) is 10.9 Å². The van der Waals surface area contributed by atoms with Gasteiger partial charge in [0.1, 0.15) is 5.82 Å². The van der Waals surface area contributed by atoms with Crippen molar-refractivity contribution in [2.45, 2.75) is 19.4 Å². The summed E-state index contributed by atoms with van der Waals surface area (Å²) in [6, 6.07) is 18.4. The lowest BCUT2D eigenvalue weighted by Gasteiger charge is -2.32. The molecule has 134 valence electrons. The van der Waals surface area contributed by atoms with Crippen LogP contribution < -0.4 is 10.2 Å². The van der Waals surface area contributed by atoms with Gasteiger partial charge in [0.25, 0.3) is 0 Å². The molecule has 3 aromatic rings. The quantitative estimate of drug-likeness (QED) is 0.739. The Kier molecular flexibility index (Phi) is 4.97. The number of nitrogens with one attached hydrogen (secondary N) is 1. The molecule has 0 spiro atoms. The smallest absolute Gasteiger partial charge is 0.227 e. The summed E-state index contributed by atoms with van der Waals surface area (Å²) in [7, 11) is 0. The largest absolute Gasteiger partial charge is 0.396 e. The molecule has 0 saturated carbocycles. The van der Waals surface area contributed by atoms with Gasteiger partial charge in [-0.2, -0.15) is 4.98 Å². The van der Waals surface area contributed by atoms with Gasteiger partial charge in [0.2, 0.25) is 5.95 Å². The van der Waals surface area contributed by atoms with Crippen molar-refractivity contribution in [3.05, 3.63) is 60.2 Å². The van der Waals surface area contributed by atoms with Crippen molar-refractivity contribution in [1.29, 1.82) is 0 Å². The van der Waals surface area contributed by atoms with Gasteiger partial charge in [-0.1, -0.05) is 42.5 Å². The van der Waals surface area contributed by atoms with Gasteiger partial charge >= 0.3 is 0 Å². The van der Waals surface area contributed by atoms with Crippen LogP contribution in [0.2, 0.25) is 0 Å². The van der Waals surface area contributed by atoms with E-state index in [1.54, 1.807) is 0 Å². The normalized spacial score (nSPS) is 17.4. The fraction of sp³-hybridized carbons (Fsp3) is 0.333. The summed E-state index contributed by atoms with van der Waals surface area (Å²) in [6.07, 6.45) is 2.13. The highest BCUT2D eigenvalue weighted by Crippen LogP contribution is 2.26. The minimum absolute atomic E-state index is 0.225. The number of anilines is 2. The zero-order valence-corrected chi connectivity index (χ0v) is 14.8. The van der Waals surface area contributed by atoms with E-state index in [1.807, 2.05) is 36.4 Å². The van der Waals surface area contributed by atoms with Gasteiger partial charge in [0.15, 0.2) is 0 Å². The maximum Gasteiger partial charge on any atom is 0.227 e. The number of hydrogen-bond acceptors (Lipinski definition) is 5. The minimum atomic E-state index is 0.225. The lowest BCUT2D eigenvalue weighted by atomic mass is 9.99. The first kappa shape index (κ1) is 16.8. The molecule has 5 nitrogen and oxygen atoms in total. The molecule has 1 atom stereocenters. The predicted octanol–water partition coefficient (Wildman–Crippen LogP) is 3.45. The molecule has 0 aliphatic carbocycles. The number of aliphatic hydroxyl groups excluding tert-OH is 1. The van der Waals surface area contributed by atoms with E-state index in [-0.39, 0.29) is 6.61 Å². The van der Waals surface area contributed by atoms with Crippen LogP contribution in [-0.2, 0) is 6.54 Å². The van der Waals surface area contributed by atoms with Gasteiger partial charge in [-0.3, -0.25) is 0 Å². The summed E-state index contributed by atoms with van der Waals surface area (Å²) in [5.74, 6) is 1.91. The highest BCUT2D eigenvalue weighted by Gasteiger charge is 2.22. The second-order valence-electron chi connectivity index (χ2n) is 6.87. The molecule has 1 fully saturated rings. The first-order valence-electron chi connectivity index (χ1n) is 9.24. The molecule has 1 aliphatic heterocycles. The van der Waals surface area contributed by atoms with Gasteiger partial charge in [-0.15, -0.1) is 0 Å². The number of fused-ring (bicyclic) bond motifs is 1. The van der Waals surface area contributed by atoms with Crippen molar-refractivity contribution >= 4 is 22.7 Å². The number of benzene rings is 2. The van der Waals surface area contributed by atoms with Gasteiger partial charge in [0.05, 0.1) is 5.52 Å². The van der Waals surface area contributed by atoms with Crippen LogP contribution in [0.1, 0.15) is 18.4 Å². The van der Waals surface area contributed by atoms with Crippen molar-refractivity contribution < 1.29 is 5.11 Å². The summed E-state index contributed by atoms with van der Waals surface area (Å²) >= 11 is 0. The van der Waals surface area contributed by atoms with Crippen LogP contribution in [-0.4, -0.2) is 34.8 Å². The van der Waals surface area contributed by atoms with E-state index in [0.717, 1.165) is 55.1 Å². The minimum Gasteiger partial charge on any atom is -0.396 e. The fourth-order valence-corrected chi connectivity index (χ4v) is 3.52. The van der Waals surface area contributed by atoms with Crippen LogP contribution >= 0.6 is 0 Å². The molecule has 0 radical (unpaired) electrons. The third-order valence-electron chi connectivity index (χ3n) is 4.95. The van der Waals surface area contributed by atoms with E-state index in [9.17, 15) is 5.11 Å². The predicted molar refractivity (Wildman–Crippen MR) is 105 cm³/mol. The number of nitrogens with zero attached hydrogens (tertiary/aromatic N) is 3.